The minimum atomic E-state index is -1.54. The smallest absolute Gasteiger partial charge is 0.412 e. The third-order valence-electron chi connectivity index (χ3n) is 3.55. The van der Waals surface area contributed by atoms with Gasteiger partial charge in [-0.1, -0.05) is 30.3 Å². The molecule has 0 aromatic heterocycles. The monoisotopic (exact) mass is 353 g/mol. The molecule has 0 radical (unpaired) electrons. The molecule has 4 N–H and O–H groups in total. The molecule has 2 amide bonds. The van der Waals surface area contributed by atoms with Gasteiger partial charge in [-0.15, -0.1) is 0 Å². The number of ether oxygens (including phenoxy) is 1. The minimum absolute atomic E-state index is 0.00385. The second kappa shape index (κ2) is 9.05. The Hall–Kier alpha value is -1.80. The number of rotatable bonds is 7. The van der Waals surface area contributed by atoms with Gasteiger partial charge in [0.2, 0.25) is 0 Å². The number of hydrogen-bond acceptors (Lipinski definition) is 6. The number of hydroxylamine groups is 3. The Morgan fingerprint density at radius 2 is 1.80 bits per heavy atom. The van der Waals surface area contributed by atoms with Gasteiger partial charge in [0.25, 0.3) is 0 Å². The molecule has 0 saturated heterocycles. The molecule has 1 aromatic carbocycles. The second-order valence-corrected chi connectivity index (χ2v) is 7.06. The van der Waals surface area contributed by atoms with E-state index < -0.39 is 28.3 Å². The number of imide groups is 1. The highest BCUT2D eigenvalue weighted by atomic mass is 16.7. The van der Waals surface area contributed by atoms with Crippen LogP contribution in [0.15, 0.2) is 30.3 Å². The zero-order chi connectivity index (χ0) is 19.1. The van der Waals surface area contributed by atoms with Gasteiger partial charge in [-0.3, -0.25) is 0 Å². The number of carbonyl (C=O) groups is 2. The first-order chi connectivity index (χ1) is 11.6. The summed E-state index contributed by atoms with van der Waals surface area (Å²) in [7, 11) is 0. The van der Waals surface area contributed by atoms with E-state index in [2.05, 4.69) is 0 Å². The van der Waals surface area contributed by atoms with Crippen LogP contribution < -0.4 is 5.73 Å². The molecule has 0 fully saturated rings. The van der Waals surface area contributed by atoms with Crippen LogP contribution in [0.1, 0.15) is 45.6 Å². The van der Waals surface area contributed by atoms with E-state index in [4.69, 9.17) is 15.6 Å². The van der Waals surface area contributed by atoms with Gasteiger partial charge in [0.05, 0.1) is 0 Å². The van der Waals surface area contributed by atoms with Crippen molar-refractivity contribution in [2.45, 2.75) is 58.2 Å². The lowest BCUT2D eigenvalue weighted by atomic mass is 10.1. The number of hydrogen-bond donors (Lipinski definition) is 3. The van der Waals surface area contributed by atoms with E-state index >= 15 is 0 Å². The standard InChI is InChI=1S/C18H29N2O5/c1-18(2,3)25-17(23)20(24,13-14-9-5-4-6-10-14)16(22)15(19)11-7-8-12-21/h4-6,9-10,15,21,24H,7-8,11-13,19H2,1-3H3/q+1/t15-,20?/m0/s1. The van der Waals surface area contributed by atoms with E-state index in [1.165, 1.54) is 0 Å². The first-order valence-electron chi connectivity index (χ1n) is 8.39. The predicted octanol–water partition coefficient (Wildman–Crippen LogP) is 2.34. The average molecular weight is 353 g/mol. The average Bonchev–Trinajstić information content (AvgIpc) is 2.53. The molecule has 0 heterocycles. The van der Waals surface area contributed by atoms with Crippen LogP contribution in [-0.2, 0) is 16.1 Å². The molecule has 1 rings (SSSR count). The van der Waals surface area contributed by atoms with E-state index in [-0.39, 0.29) is 19.6 Å². The highest BCUT2D eigenvalue weighted by molar-refractivity contribution is 5.83. The third-order valence-corrected chi connectivity index (χ3v) is 3.55. The molecule has 0 aliphatic carbocycles. The third kappa shape index (κ3) is 6.55. The van der Waals surface area contributed by atoms with Crippen molar-refractivity contribution in [3.05, 3.63) is 35.9 Å². The van der Waals surface area contributed by atoms with Gasteiger partial charge in [-0.05, 0) is 44.7 Å². The van der Waals surface area contributed by atoms with Crippen molar-refractivity contribution in [2.75, 3.05) is 6.61 Å². The molecule has 140 valence electrons. The Balaban J connectivity index is 3.04. The van der Waals surface area contributed by atoms with Crippen LogP contribution in [0.25, 0.3) is 0 Å². The zero-order valence-electron chi connectivity index (χ0n) is 15.1. The lowest BCUT2D eigenvalue weighted by Gasteiger charge is -2.29. The van der Waals surface area contributed by atoms with E-state index in [0.717, 1.165) is 0 Å². The fourth-order valence-electron chi connectivity index (χ4n) is 2.29. The number of aliphatic hydroxyl groups excluding tert-OH is 1. The maximum atomic E-state index is 12.7. The van der Waals surface area contributed by atoms with Crippen LogP contribution in [0.5, 0.6) is 0 Å². The van der Waals surface area contributed by atoms with Crippen LogP contribution in [0.3, 0.4) is 0 Å². The molecule has 25 heavy (non-hydrogen) atoms. The number of nitrogens with zero attached hydrogens (tertiary/aromatic N) is 1. The van der Waals surface area contributed by atoms with E-state index in [1.54, 1.807) is 51.1 Å². The summed E-state index contributed by atoms with van der Waals surface area (Å²) in [5, 5.41) is 19.7. The minimum Gasteiger partial charge on any atom is -0.412 e. The summed E-state index contributed by atoms with van der Waals surface area (Å²) in [5.74, 6) is -0.823. The van der Waals surface area contributed by atoms with Crippen LogP contribution in [0.4, 0.5) is 4.79 Å². The predicted molar refractivity (Wildman–Crippen MR) is 92.3 cm³/mol. The molecular weight excluding hydrogens is 324 g/mol. The molecule has 2 atom stereocenters. The fraction of sp³-hybridized carbons (Fsp3) is 0.556. The molecular formula is C18H29N2O5+. The molecule has 1 aromatic rings. The molecule has 7 nitrogen and oxygen atoms in total. The van der Waals surface area contributed by atoms with E-state index in [9.17, 15) is 14.8 Å². The van der Waals surface area contributed by atoms with Crippen molar-refractivity contribution in [2.24, 2.45) is 5.73 Å². The maximum Gasteiger partial charge on any atom is 0.558 e. The molecule has 7 heteroatoms. The summed E-state index contributed by atoms with van der Waals surface area (Å²) in [6.07, 6.45) is 0.219. The van der Waals surface area contributed by atoms with Crippen molar-refractivity contribution < 1.29 is 29.3 Å². The molecule has 1 unspecified atom stereocenters. The van der Waals surface area contributed by atoms with Crippen molar-refractivity contribution >= 4 is 12.0 Å². The van der Waals surface area contributed by atoms with Gasteiger partial charge in [0, 0.05) is 12.2 Å². The largest absolute Gasteiger partial charge is 0.558 e. The Morgan fingerprint density at radius 3 is 2.32 bits per heavy atom. The number of nitrogens with two attached hydrogens (primary N) is 1. The summed E-state index contributed by atoms with van der Waals surface area (Å²) in [4.78, 5) is 25.3. The molecule has 0 aliphatic heterocycles. The van der Waals surface area contributed by atoms with Crippen molar-refractivity contribution in [1.82, 2.24) is 0 Å². The first-order valence-corrected chi connectivity index (χ1v) is 8.39. The summed E-state index contributed by atoms with van der Waals surface area (Å²) < 4.78 is 3.70. The van der Waals surface area contributed by atoms with Gasteiger partial charge >= 0.3 is 12.0 Å². The summed E-state index contributed by atoms with van der Waals surface area (Å²) in [6.45, 7) is 4.70. The number of unbranched alkanes of at least 4 members (excludes halogenated alkanes) is 1. The number of amides is 2. The Bertz CT molecular complexity index is 571. The van der Waals surface area contributed by atoms with Gasteiger partial charge in [0.15, 0.2) is 6.54 Å². The summed E-state index contributed by atoms with van der Waals surface area (Å²) in [5.41, 5.74) is 5.63. The van der Waals surface area contributed by atoms with Gasteiger partial charge < -0.3 is 15.6 Å². The number of quaternary nitrogens is 1. The highest BCUT2D eigenvalue weighted by Crippen LogP contribution is 2.21. The lowest BCUT2D eigenvalue weighted by molar-refractivity contribution is -0.990. The normalized spacial score (nSPS) is 15.3. The molecule has 0 spiro atoms. The highest BCUT2D eigenvalue weighted by Gasteiger charge is 2.50. The molecule has 0 bridgehead atoms. The Labute approximate surface area is 148 Å². The SMILES string of the molecule is CC(C)(C)OC(=O)[N+](O)(Cc1ccccc1)C(=O)[C@@H](N)CCCCO. The van der Waals surface area contributed by atoms with E-state index in [1.807, 2.05) is 0 Å². The van der Waals surface area contributed by atoms with Gasteiger partial charge in [-0.25, -0.2) is 4.79 Å². The van der Waals surface area contributed by atoms with Crippen LogP contribution in [0, 0.1) is 0 Å². The zero-order valence-corrected chi connectivity index (χ0v) is 15.1. The summed E-state index contributed by atoms with van der Waals surface area (Å²) in [6, 6.07) is 7.68. The topological polar surface area (TPSA) is 110 Å². The Kier molecular flexibility index (Phi) is 7.69. The first kappa shape index (κ1) is 21.2. The van der Waals surface area contributed by atoms with Crippen molar-refractivity contribution in [1.29, 1.82) is 0 Å². The quantitative estimate of drug-likeness (QED) is 0.300. The van der Waals surface area contributed by atoms with Crippen molar-refractivity contribution in [3.63, 3.8) is 0 Å². The molecule has 0 aliphatic rings. The van der Waals surface area contributed by atoms with Gasteiger partial charge in [0.1, 0.15) is 11.6 Å². The Morgan fingerprint density at radius 1 is 1.20 bits per heavy atom. The van der Waals surface area contributed by atoms with Crippen LogP contribution in [0.2, 0.25) is 0 Å². The maximum absolute atomic E-state index is 12.7. The number of benzene rings is 1. The number of carbonyl (C=O) groups excluding carboxylic acids is 2. The van der Waals surface area contributed by atoms with Gasteiger partial charge in [-0.2, -0.15) is 10.0 Å². The van der Waals surface area contributed by atoms with E-state index in [0.29, 0.717) is 18.4 Å². The summed E-state index contributed by atoms with van der Waals surface area (Å²) >= 11 is 0. The second-order valence-electron chi connectivity index (χ2n) is 7.06. The molecule has 0 saturated carbocycles. The fourth-order valence-corrected chi connectivity index (χ4v) is 2.29. The van der Waals surface area contributed by atoms with Crippen molar-refractivity contribution in [3.8, 4) is 0 Å². The van der Waals surface area contributed by atoms with Crippen LogP contribution in [-0.4, -0.2) is 45.2 Å². The number of aliphatic hydroxyl groups is 1. The van der Waals surface area contributed by atoms with Crippen LogP contribution >= 0.6 is 0 Å². The lowest BCUT2D eigenvalue weighted by Crippen LogP contribution is -2.60.